The molecule has 0 aliphatic carbocycles. The Labute approximate surface area is 233 Å². The second-order valence-corrected chi connectivity index (χ2v) is 9.79. The molecule has 2 aromatic heterocycles. The summed E-state index contributed by atoms with van der Waals surface area (Å²) in [5, 5.41) is 16.9. The maximum atomic E-state index is 13.8. The van der Waals surface area contributed by atoms with Crippen LogP contribution in [0.1, 0.15) is 30.0 Å². The van der Waals surface area contributed by atoms with Crippen molar-refractivity contribution in [1.29, 1.82) is 5.41 Å². The maximum absolute atomic E-state index is 13.8. The molecule has 1 saturated heterocycles. The number of likely N-dealkylation sites (tertiary alicyclic amines) is 1. The smallest absolute Gasteiger partial charge is 0.416 e. The molecule has 0 bridgehead atoms. The molecule has 0 spiro atoms. The number of aryl methyl sites for hydroxylation is 1. The zero-order valence-electron chi connectivity index (χ0n) is 21.9. The zero-order chi connectivity index (χ0) is 28.6. The number of allylic oxidation sites excluding steroid dienone is 2. The first kappa shape index (κ1) is 27.5. The van der Waals surface area contributed by atoms with Gasteiger partial charge in [0.2, 0.25) is 5.95 Å². The lowest BCUT2D eigenvalue weighted by atomic mass is 10.0. The summed E-state index contributed by atoms with van der Waals surface area (Å²) in [4.78, 5) is 15.0. The van der Waals surface area contributed by atoms with E-state index in [1.54, 1.807) is 30.9 Å². The van der Waals surface area contributed by atoms with Crippen molar-refractivity contribution in [2.75, 3.05) is 26.0 Å². The molecule has 2 aliphatic heterocycles. The van der Waals surface area contributed by atoms with Crippen LogP contribution in [-0.2, 0) is 13.2 Å². The fraction of sp³-hybridized carbons (Fsp3) is 0.308. The summed E-state index contributed by atoms with van der Waals surface area (Å²) in [7, 11) is 5.31. The van der Waals surface area contributed by atoms with Gasteiger partial charge in [0.05, 0.1) is 24.2 Å². The maximum Gasteiger partial charge on any atom is 0.416 e. The Morgan fingerprint density at radius 1 is 1.27 bits per heavy atom. The van der Waals surface area contributed by atoms with Gasteiger partial charge in [0.25, 0.3) is 0 Å². The van der Waals surface area contributed by atoms with Gasteiger partial charge in [-0.3, -0.25) is 4.90 Å². The van der Waals surface area contributed by atoms with E-state index in [4.69, 9.17) is 21.7 Å². The SMILES string of the molecule is CNC1=CN/C(=C(\C=N)Oc2cnc3nc(Nc4cc(C5CCCN5C)cc(C(F)(F)F)c4)n(C)c3c2Cl)C=N1. The Kier molecular flexibility index (Phi) is 7.43. The number of rotatable bonds is 7. The van der Waals surface area contributed by atoms with E-state index in [-0.39, 0.29) is 39.9 Å². The molecule has 3 aromatic rings. The number of imidazole rings is 1. The molecule has 2 aliphatic rings. The molecule has 1 unspecified atom stereocenters. The van der Waals surface area contributed by atoms with Crippen LogP contribution in [0.5, 0.6) is 5.75 Å². The Balaban J connectivity index is 1.48. The molecule has 4 heterocycles. The molecule has 10 nitrogen and oxygen atoms in total. The quantitative estimate of drug-likeness (QED) is 0.230. The third kappa shape index (κ3) is 5.34. The lowest BCUT2D eigenvalue weighted by Crippen LogP contribution is -2.20. The van der Waals surface area contributed by atoms with E-state index < -0.39 is 11.7 Å². The molecule has 1 atom stereocenters. The first-order valence-corrected chi connectivity index (χ1v) is 12.8. The average Bonchev–Trinajstić information content (AvgIpc) is 3.50. The summed E-state index contributed by atoms with van der Waals surface area (Å²) in [5.74, 6) is 1.17. The van der Waals surface area contributed by atoms with Crippen LogP contribution >= 0.6 is 11.6 Å². The number of hydrogen-bond acceptors (Lipinski definition) is 9. The van der Waals surface area contributed by atoms with Crippen molar-refractivity contribution in [1.82, 2.24) is 30.1 Å². The van der Waals surface area contributed by atoms with Gasteiger partial charge in [0, 0.05) is 32.0 Å². The van der Waals surface area contributed by atoms with Crippen molar-refractivity contribution in [3.63, 3.8) is 0 Å². The third-order valence-corrected chi connectivity index (χ3v) is 7.18. The number of alkyl halides is 3. The van der Waals surface area contributed by atoms with Crippen LogP contribution in [0, 0.1) is 5.41 Å². The van der Waals surface area contributed by atoms with E-state index in [0.717, 1.165) is 31.7 Å². The van der Waals surface area contributed by atoms with Crippen LogP contribution < -0.4 is 20.7 Å². The number of aromatic nitrogens is 3. The Hall–Kier alpha value is -4.10. The number of halogens is 4. The Morgan fingerprint density at radius 2 is 2.08 bits per heavy atom. The number of benzene rings is 1. The minimum Gasteiger partial charge on any atom is -0.450 e. The molecular weight excluding hydrogens is 547 g/mol. The number of anilines is 2. The second kappa shape index (κ2) is 10.8. The van der Waals surface area contributed by atoms with Gasteiger partial charge < -0.3 is 30.7 Å². The van der Waals surface area contributed by atoms with Crippen LogP contribution in [0.2, 0.25) is 5.02 Å². The summed E-state index contributed by atoms with van der Waals surface area (Å²) in [6.07, 6.45) is 2.71. The molecule has 14 heteroatoms. The number of fused-ring (bicyclic) bond motifs is 1. The lowest BCUT2D eigenvalue weighted by molar-refractivity contribution is -0.137. The van der Waals surface area contributed by atoms with Gasteiger partial charge in [0.1, 0.15) is 22.1 Å². The highest BCUT2D eigenvalue weighted by Gasteiger charge is 2.33. The molecule has 1 aromatic carbocycles. The van der Waals surface area contributed by atoms with Gasteiger partial charge in [0.15, 0.2) is 17.2 Å². The first-order chi connectivity index (χ1) is 19.1. The number of ether oxygens (including phenoxy) is 1. The molecule has 210 valence electrons. The van der Waals surface area contributed by atoms with Crippen molar-refractivity contribution >= 4 is 46.8 Å². The van der Waals surface area contributed by atoms with Crippen LogP contribution in [0.25, 0.3) is 11.2 Å². The van der Waals surface area contributed by atoms with Gasteiger partial charge >= 0.3 is 6.18 Å². The van der Waals surface area contributed by atoms with Gasteiger partial charge in [-0.25, -0.2) is 9.98 Å². The standard InChI is InChI=1S/C26H27ClF3N9O/c1-32-21-13-33-17(11-34-21)19(10-31)40-20-12-35-24-23(22(20)27)39(3)25(37-24)36-16-8-14(18-5-4-6-38(18)2)7-15(9-16)26(28,29)30/h7-13,18,31-33H,4-6H2,1-3H3,(H,35,36,37)/b19-17+,31-10?. The van der Waals surface area contributed by atoms with Gasteiger partial charge in [-0.05, 0) is 50.2 Å². The molecule has 4 N–H and O–H groups in total. The summed E-state index contributed by atoms with van der Waals surface area (Å²) in [5.41, 5.74) is 1.22. The van der Waals surface area contributed by atoms with Crippen LogP contribution in [0.3, 0.4) is 0 Å². The summed E-state index contributed by atoms with van der Waals surface area (Å²) in [6, 6.07) is 3.90. The number of pyridine rings is 1. The fourth-order valence-electron chi connectivity index (χ4n) is 4.74. The topological polar surface area (TPSA) is 115 Å². The Morgan fingerprint density at radius 3 is 2.70 bits per heavy atom. The van der Waals surface area contributed by atoms with Crippen LogP contribution in [-0.4, -0.2) is 52.5 Å². The second-order valence-electron chi connectivity index (χ2n) is 9.41. The Bertz CT molecular complexity index is 1560. The zero-order valence-corrected chi connectivity index (χ0v) is 22.7. The van der Waals surface area contributed by atoms with E-state index >= 15 is 0 Å². The third-order valence-electron chi connectivity index (χ3n) is 6.82. The summed E-state index contributed by atoms with van der Waals surface area (Å²) >= 11 is 6.68. The van der Waals surface area contributed by atoms with E-state index in [1.165, 1.54) is 18.5 Å². The van der Waals surface area contributed by atoms with Crippen molar-refractivity contribution in [2.45, 2.75) is 25.1 Å². The molecular formula is C26H27ClF3N9O. The average molecular weight is 574 g/mol. The molecule has 1 fully saturated rings. The van der Waals surface area contributed by atoms with Crippen molar-refractivity contribution in [3.05, 3.63) is 64.0 Å². The molecule has 5 rings (SSSR count). The highest BCUT2D eigenvalue weighted by molar-refractivity contribution is 6.36. The molecule has 0 amide bonds. The van der Waals surface area contributed by atoms with Crippen LogP contribution in [0.4, 0.5) is 24.8 Å². The van der Waals surface area contributed by atoms with Gasteiger partial charge in [-0.1, -0.05) is 11.6 Å². The van der Waals surface area contributed by atoms with Crippen molar-refractivity contribution in [3.8, 4) is 5.75 Å². The number of nitrogens with one attached hydrogen (secondary N) is 4. The summed E-state index contributed by atoms with van der Waals surface area (Å²) < 4.78 is 48.8. The van der Waals surface area contributed by atoms with Gasteiger partial charge in [-0.2, -0.15) is 18.2 Å². The normalized spacial score (nSPS) is 18.9. The predicted molar refractivity (Wildman–Crippen MR) is 148 cm³/mol. The number of aliphatic imine (C=N–C) groups is 1. The van der Waals surface area contributed by atoms with Crippen molar-refractivity contribution < 1.29 is 17.9 Å². The monoisotopic (exact) mass is 573 g/mol. The molecule has 40 heavy (non-hydrogen) atoms. The molecule has 0 radical (unpaired) electrons. The highest BCUT2D eigenvalue weighted by atomic mass is 35.5. The fourth-order valence-corrected chi connectivity index (χ4v) is 5.04. The largest absolute Gasteiger partial charge is 0.450 e. The van der Waals surface area contributed by atoms with E-state index in [2.05, 4.69) is 35.8 Å². The first-order valence-electron chi connectivity index (χ1n) is 12.4. The van der Waals surface area contributed by atoms with Crippen LogP contribution in [0.15, 0.2) is 52.9 Å². The van der Waals surface area contributed by atoms with Gasteiger partial charge in [-0.15, -0.1) is 0 Å². The van der Waals surface area contributed by atoms with E-state index in [1.807, 2.05) is 7.05 Å². The predicted octanol–water partition coefficient (Wildman–Crippen LogP) is 5.08. The minimum atomic E-state index is -4.50. The number of nitrogens with zero attached hydrogens (tertiary/aromatic N) is 5. The number of hydrogen-bond donors (Lipinski definition) is 4. The van der Waals surface area contributed by atoms with E-state index in [9.17, 15) is 13.2 Å². The molecule has 0 saturated carbocycles. The minimum absolute atomic E-state index is 0.0970. The lowest BCUT2D eigenvalue weighted by Gasteiger charge is -2.22. The highest BCUT2D eigenvalue weighted by Crippen LogP contribution is 2.39. The summed E-state index contributed by atoms with van der Waals surface area (Å²) in [6.45, 7) is 0.829. The van der Waals surface area contributed by atoms with Crippen molar-refractivity contribution in [2.24, 2.45) is 12.0 Å². The van der Waals surface area contributed by atoms with E-state index in [0.29, 0.717) is 22.6 Å².